The van der Waals surface area contributed by atoms with Crippen molar-refractivity contribution in [2.75, 3.05) is 5.84 Å². The zero-order valence-electron chi connectivity index (χ0n) is 11.4. The number of rotatable bonds is 4. The second kappa shape index (κ2) is 6.50. The van der Waals surface area contributed by atoms with Crippen molar-refractivity contribution in [1.29, 1.82) is 0 Å². The van der Waals surface area contributed by atoms with Crippen LogP contribution in [-0.2, 0) is 5.75 Å². The number of benzene rings is 2. The van der Waals surface area contributed by atoms with Gasteiger partial charge in [-0.1, -0.05) is 58.0 Å². The molecule has 3 aromatic rings. The minimum absolute atomic E-state index is 0.232. The molecule has 112 valence electrons. The number of hydrogen-bond donors (Lipinski definition) is 1. The molecule has 1 aromatic heterocycles. The van der Waals surface area contributed by atoms with Gasteiger partial charge in [0.25, 0.3) is 0 Å². The van der Waals surface area contributed by atoms with Gasteiger partial charge in [0.2, 0.25) is 5.16 Å². The molecule has 0 amide bonds. The van der Waals surface area contributed by atoms with E-state index >= 15 is 0 Å². The van der Waals surface area contributed by atoms with Gasteiger partial charge >= 0.3 is 0 Å². The highest BCUT2D eigenvalue weighted by atomic mass is 79.9. The SMILES string of the molecule is Nn1c(SCc2ccccc2F)nnc1-c1ccccc1Br. The number of nitrogens with zero attached hydrogens (tertiary/aromatic N) is 3. The van der Waals surface area contributed by atoms with E-state index < -0.39 is 0 Å². The Morgan fingerprint density at radius 2 is 1.82 bits per heavy atom. The van der Waals surface area contributed by atoms with Gasteiger partial charge in [0.05, 0.1) is 0 Å². The summed E-state index contributed by atoms with van der Waals surface area (Å²) in [6.45, 7) is 0. The van der Waals surface area contributed by atoms with E-state index in [-0.39, 0.29) is 5.82 Å². The minimum atomic E-state index is -0.232. The second-order valence-electron chi connectivity index (χ2n) is 4.54. The van der Waals surface area contributed by atoms with Crippen LogP contribution in [0, 0.1) is 5.82 Å². The van der Waals surface area contributed by atoms with Crippen LogP contribution >= 0.6 is 27.7 Å². The Kier molecular flexibility index (Phi) is 4.44. The third-order valence-electron chi connectivity index (χ3n) is 3.09. The van der Waals surface area contributed by atoms with Crippen molar-refractivity contribution in [3.05, 3.63) is 64.4 Å². The fourth-order valence-electron chi connectivity index (χ4n) is 1.96. The molecule has 4 nitrogen and oxygen atoms in total. The van der Waals surface area contributed by atoms with E-state index in [4.69, 9.17) is 5.84 Å². The third kappa shape index (κ3) is 3.00. The molecule has 1 heterocycles. The summed E-state index contributed by atoms with van der Waals surface area (Å²) in [6.07, 6.45) is 0. The molecule has 3 rings (SSSR count). The van der Waals surface area contributed by atoms with E-state index in [9.17, 15) is 4.39 Å². The van der Waals surface area contributed by atoms with Gasteiger partial charge in [0.1, 0.15) is 5.82 Å². The standard InChI is InChI=1S/C15H12BrFN4S/c16-12-7-3-2-6-11(12)14-19-20-15(21(14)18)22-9-10-5-1-4-8-13(10)17/h1-8H,9,18H2. The third-order valence-corrected chi connectivity index (χ3v) is 4.78. The molecule has 0 spiro atoms. The van der Waals surface area contributed by atoms with Crippen LogP contribution in [0.3, 0.4) is 0 Å². The van der Waals surface area contributed by atoms with Crippen LogP contribution < -0.4 is 5.84 Å². The monoisotopic (exact) mass is 378 g/mol. The van der Waals surface area contributed by atoms with Gasteiger partial charge in [0.15, 0.2) is 5.82 Å². The van der Waals surface area contributed by atoms with Crippen molar-refractivity contribution < 1.29 is 4.39 Å². The Morgan fingerprint density at radius 1 is 1.09 bits per heavy atom. The molecule has 22 heavy (non-hydrogen) atoms. The van der Waals surface area contributed by atoms with Crippen LogP contribution in [0.1, 0.15) is 5.56 Å². The fourth-order valence-corrected chi connectivity index (χ4v) is 3.26. The van der Waals surface area contributed by atoms with Crippen molar-refractivity contribution in [3.63, 3.8) is 0 Å². The largest absolute Gasteiger partial charge is 0.335 e. The molecule has 0 saturated carbocycles. The smallest absolute Gasteiger partial charge is 0.210 e. The van der Waals surface area contributed by atoms with E-state index in [1.165, 1.54) is 22.5 Å². The average molecular weight is 379 g/mol. The second-order valence-corrected chi connectivity index (χ2v) is 6.33. The van der Waals surface area contributed by atoms with Crippen LogP contribution in [0.25, 0.3) is 11.4 Å². The first kappa shape index (κ1) is 15.1. The summed E-state index contributed by atoms with van der Waals surface area (Å²) in [5.41, 5.74) is 1.47. The summed E-state index contributed by atoms with van der Waals surface area (Å²) in [4.78, 5) is 0. The first-order chi connectivity index (χ1) is 10.7. The van der Waals surface area contributed by atoms with Gasteiger partial charge in [-0.2, -0.15) is 0 Å². The topological polar surface area (TPSA) is 56.7 Å². The van der Waals surface area contributed by atoms with Gasteiger partial charge in [-0.3, -0.25) is 0 Å². The zero-order valence-corrected chi connectivity index (χ0v) is 13.8. The summed E-state index contributed by atoms with van der Waals surface area (Å²) in [5.74, 6) is 6.83. The molecule has 0 aliphatic carbocycles. The van der Waals surface area contributed by atoms with Gasteiger partial charge in [-0.25, -0.2) is 9.07 Å². The highest BCUT2D eigenvalue weighted by molar-refractivity contribution is 9.10. The predicted octanol–water partition coefficient (Wildman–Crippen LogP) is 3.85. The van der Waals surface area contributed by atoms with Gasteiger partial charge < -0.3 is 5.84 Å². The number of thioether (sulfide) groups is 1. The molecular weight excluding hydrogens is 367 g/mol. The first-order valence-corrected chi connectivity index (χ1v) is 8.26. The van der Waals surface area contributed by atoms with Crippen molar-refractivity contribution >= 4 is 27.7 Å². The van der Waals surface area contributed by atoms with E-state index in [1.54, 1.807) is 18.2 Å². The number of nitrogens with two attached hydrogens (primary N) is 1. The Balaban J connectivity index is 1.83. The van der Waals surface area contributed by atoms with Crippen LogP contribution in [0.4, 0.5) is 4.39 Å². The molecule has 0 fully saturated rings. The van der Waals surface area contributed by atoms with Crippen molar-refractivity contribution in [2.45, 2.75) is 10.9 Å². The maximum atomic E-state index is 13.6. The number of aromatic nitrogens is 3. The van der Waals surface area contributed by atoms with Gasteiger partial charge in [-0.15, -0.1) is 10.2 Å². The van der Waals surface area contributed by atoms with Gasteiger partial charge in [-0.05, 0) is 23.8 Å². The molecule has 0 aliphatic rings. The molecule has 0 saturated heterocycles. The Morgan fingerprint density at radius 3 is 2.59 bits per heavy atom. The Bertz CT molecular complexity index is 806. The summed E-state index contributed by atoms with van der Waals surface area (Å²) in [7, 11) is 0. The van der Waals surface area contributed by atoms with Crippen molar-refractivity contribution in [1.82, 2.24) is 14.9 Å². The summed E-state index contributed by atoms with van der Waals surface area (Å²) >= 11 is 4.81. The quantitative estimate of drug-likeness (QED) is 0.553. The number of hydrogen-bond acceptors (Lipinski definition) is 4. The number of nitrogen functional groups attached to an aromatic ring is 1. The molecule has 0 radical (unpaired) electrons. The summed E-state index contributed by atoms with van der Waals surface area (Å²) in [5, 5.41) is 8.75. The average Bonchev–Trinajstić information content (AvgIpc) is 2.88. The summed E-state index contributed by atoms with van der Waals surface area (Å²) in [6, 6.07) is 14.3. The summed E-state index contributed by atoms with van der Waals surface area (Å²) < 4.78 is 15.9. The molecule has 2 aromatic carbocycles. The fraction of sp³-hybridized carbons (Fsp3) is 0.0667. The van der Waals surface area contributed by atoms with E-state index in [2.05, 4.69) is 26.1 Å². The van der Waals surface area contributed by atoms with Crippen LogP contribution in [-0.4, -0.2) is 14.9 Å². The lowest BCUT2D eigenvalue weighted by atomic mass is 10.2. The van der Waals surface area contributed by atoms with Crippen molar-refractivity contribution in [3.8, 4) is 11.4 Å². The lowest BCUT2D eigenvalue weighted by Gasteiger charge is -2.05. The highest BCUT2D eigenvalue weighted by Gasteiger charge is 2.14. The van der Waals surface area contributed by atoms with E-state index in [1.807, 2.05) is 24.3 Å². The minimum Gasteiger partial charge on any atom is -0.335 e. The van der Waals surface area contributed by atoms with Crippen LogP contribution in [0.2, 0.25) is 0 Å². The maximum absolute atomic E-state index is 13.6. The molecule has 0 unspecified atom stereocenters. The lowest BCUT2D eigenvalue weighted by Crippen LogP contribution is -2.11. The lowest BCUT2D eigenvalue weighted by molar-refractivity contribution is 0.617. The van der Waals surface area contributed by atoms with Crippen LogP contribution in [0.15, 0.2) is 58.2 Å². The highest BCUT2D eigenvalue weighted by Crippen LogP contribution is 2.29. The Hall–Kier alpha value is -1.86. The van der Waals surface area contributed by atoms with E-state index in [0.717, 1.165) is 10.0 Å². The Labute approximate surface area is 139 Å². The van der Waals surface area contributed by atoms with Crippen molar-refractivity contribution in [2.24, 2.45) is 0 Å². The predicted molar refractivity (Wildman–Crippen MR) is 89.3 cm³/mol. The molecular formula is C15H12BrFN4S. The van der Waals surface area contributed by atoms with Gasteiger partial charge in [0, 0.05) is 15.8 Å². The number of halogens is 2. The normalized spacial score (nSPS) is 10.8. The van der Waals surface area contributed by atoms with E-state index in [0.29, 0.717) is 22.3 Å². The first-order valence-electron chi connectivity index (χ1n) is 6.48. The van der Waals surface area contributed by atoms with Crippen LogP contribution in [0.5, 0.6) is 0 Å². The zero-order chi connectivity index (χ0) is 15.5. The molecule has 0 bridgehead atoms. The maximum Gasteiger partial charge on any atom is 0.210 e. The molecule has 0 aliphatic heterocycles. The molecule has 7 heteroatoms. The molecule has 0 atom stereocenters. The molecule has 2 N–H and O–H groups in total.